The van der Waals surface area contributed by atoms with Crippen molar-refractivity contribution in [1.82, 2.24) is 0 Å². The monoisotopic (exact) mass is 300 g/mol. The molecule has 0 aliphatic heterocycles. The first-order valence-electron chi connectivity index (χ1n) is 6.68. The molecule has 22 heavy (non-hydrogen) atoms. The standard InChI is InChI=1S/C16H17N3O3/c1-22-14-5-3-2-4-12(14)10-15(20)18-13-8-6-11(7-9-13)16(17)19-21/h2-9,21H,10H2,1H3,(H2,17,19)(H,18,20)/p+1. The molecule has 0 aliphatic carbocycles. The van der Waals surface area contributed by atoms with E-state index in [9.17, 15) is 4.79 Å². The Balaban J connectivity index is 2.03. The van der Waals surface area contributed by atoms with Crippen molar-refractivity contribution in [2.75, 3.05) is 12.4 Å². The molecule has 1 amide bonds. The first kappa shape index (κ1) is 15.4. The van der Waals surface area contributed by atoms with E-state index in [-0.39, 0.29) is 18.2 Å². The molecule has 2 rings (SSSR count). The predicted octanol–water partition coefficient (Wildman–Crippen LogP) is 0.0515. The molecule has 0 bridgehead atoms. The molecule has 0 saturated heterocycles. The van der Waals surface area contributed by atoms with Gasteiger partial charge in [0.1, 0.15) is 5.75 Å². The van der Waals surface area contributed by atoms with Crippen LogP contribution in [0.2, 0.25) is 0 Å². The highest BCUT2D eigenvalue weighted by molar-refractivity contribution is 5.95. The van der Waals surface area contributed by atoms with E-state index in [1.807, 2.05) is 29.4 Å². The van der Waals surface area contributed by atoms with Crippen molar-refractivity contribution in [3.63, 3.8) is 0 Å². The number of carbonyl (C=O) groups is 1. The van der Waals surface area contributed by atoms with Crippen molar-refractivity contribution in [2.45, 2.75) is 6.42 Å². The molecule has 0 aromatic heterocycles. The highest BCUT2D eigenvalue weighted by atomic mass is 16.5. The summed E-state index contributed by atoms with van der Waals surface area (Å²) in [4.78, 5) is 12.1. The molecule has 2 aromatic carbocycles. The number of hydrogen-bond acceptors (Lipinski definition) is 3. The summed E-state index contributed by atoms with van der Waals surface area (Å²) in [5.74, 6) is 0.686. The van der Waals surface area contributed by atoms with Crippen LogP contribution in [-0.2, 0) is 11.2 Å². The fourth-order valence-electron chi connectivity index (χ4n) is 2.02. The van der Waals surface area contributed by atoms with Crippen LogP contribution in [0.1, 0.15) is 11.1 Å². The minimum Gasteiger partial charge on any atom is -0.496 e. The van der Waals surface area contributed by atoms with Crippen molar-refractivity contribution in [1.29, 1.82) is 0 Å². The van der Waals surface area contributed by atoms with Gasteiger partial charge in [0.2, 0.25) is 5.91 Å². The summed E-state index contributed by atoms with van der Waals surface area (Å²) < 4.78 is 5.22. The summed E-state index contributed by atoms with van der Waals surface area (Å²) in [5.41, 5.74) is 7.63. The number of benzene rings is 2. The largest absolute Gasteiger partial charge is 0.496 e. The third-order valence-electron chi connectivity index (χ3n) is 3.14. The lowest BCUT2D eigenvalue weighted by Gasteiger charge is -2.09. The molecule has 0 unspecified atom stereocenters. The van der Waals surface area contributed by atoms with Crippen molar-refractivity contribution < 1.29 is 19.9 Å². The summed E-state index contributed by atoms with van der Waals surface area (Å²) in [5, 5.41) is 13.4. The Bertz CT molecular complexity index is 681. The average molecular weight is 300 g/mol. The van der Waals surface area contributed by atoms with E-state index < -0.39 is 0 Å². The molecule has 114 valence electrons. The van der Waals surface area contributed by atoms with Gasteiger partial charge in [0.15, 0.2) is 0 Å². The van der Waals surface area contributed by atoms with E-state index in [1.165, 1.54) is 0 Å². The van der Waals surface area contributed by atoms with Crippen LogP contribution in [0.3, 0.4) is 0 Å². The van der Waals surface area contributed by atoms with Crippen molar-refractivity contribution >= 4 is 17.4 Å². The first-order chi connectivity index (χ1) is 10.6. The van der Waals surface area contributed by atoms with Gasteiger partial charge in [-0.15, -0.1) is 0 Å². The minimum absolute atomic E-state index is 0.144. The van der Waals surface area contributed by atoms with Crippen LogP contribution in [0.25, 0.3) is 0 Å². The second-order valence-corrected chi connectivity index (χ2v) is 4.64. The number of methoxy groups -OCH3 is 1. The summed E-state index contributed by atoms with van der Waals surface area (Å²) in [6.07, 6.45) is 0.220. The van der Waals surface area contributed by atoms with Crippen LogP contribution >= 0.6 is 0 Å². The van der Waals surface area contributed by atoms with Crippen LogP contribution in [0, 0.1) is 0 Å². The van der Waals surface area contributed by atoms with Gasteiger partial charge in [0.25, 0.3) is 0 Å². The number of nitrogens with two attached hydrogens (primary N) is 1. The summed E-state index contributed by atoms with van der Waals surface area (Å²) >= 11 is 0. The minimum atomic E-state index is -0.144. The van der Waals surface area contributed by atoms with Gasteiger partial charge in [-0.3, -0.25) is 10.5 Å². The molecule has 0 saturated carbocycles. The van der Waals surface area contributed by atoms with Gasteiger partial charge < -0.3 is 15.3 Å². The van der Waals surface area contributed by atoms with Gasteiger partial charge in [-0.05, 0) is 30.3 Å². The second-order valence-electron chi connectivity index (χ2n) is 4.64. The number of anilines is 1. The van der Waals surface area contributed by atoms with Crippen LogP contribution in [0.15, 0.2) is 48.5 Å². The zero-order chi connectivity index (χ0) is 15.9. The number of amides is 1. The fraction of sp³-hybridized carbons (Fsp3) is 0.125. The molecule has 6 heteroatoms. The molecular formula is C16H18N3O3+. The first-order valence-corrected chi connectivity index (χ1v) is 6.68. The summed E-state index contributed by atoms with van der Waals surface area (Å²) in [6.45, 7) is 0. The number of ether oxygens (including phenoxy) is 1. The average Bonchev–Trinajstić information content (AvgIpc) is 2.55. The van der Waals surface area contributed by atoms with Crippen LogP contribution in [0.5, 0.6) is 5.75 Å². The Labute approximate surface area is 128 Å². The zero-order valence-electron chi connectivity index (χ0n) is 12.2. The van der Waals surface area contributed by atoms with Gasteiger partial charge in [-0.2, -0.15) is 0 Å². The second kappa shape index (κ2) is 7.12. The maximum Gasteiger partial charge on any atom is 0.311 e. The number of para-hydroxylation sites is 1. The lowest BCUT2D eigenvalue weighted by atomic mass is 10.1. The SMILES string of the molecule is COc1ccccc1CC(=O)Nc1ccc(C(N)=[NH+]O)cc1. The summed E-state index contributed by atoms with van der Waals surface area (Å²) in [7, 11) is 1.57. The van der Waals surface area contributed by atoms with Gasteiger partial charge >= 0.3 is 5.84 Å². The topological polar surface area (TPSA) is 98.5 Å². The van der Waals surface area contributed by atoms with E-state index in [0.29, 0.717) is 17.0 Å². The van der Waals surface area contributed by atoms with Crippen LogP contribution in [-0.4, -0.2) is 24.1 Å². The van der Waals surface area contributed by atoms with E-state index in [4.69, 9.17) is 15.7 Å². The molecule has 0 heterocycles. The van der Waals surface area contributed by atoms with Crippen molar-refractivity contribution in [2.24, 2.45) is 5.73 Å². The van der Waals surface area contributed by atoms with E-state index in [1.54, 1.807) is 31.4 Å². The van der Waals surface area contributed by atoms with Crippen LogP contribution in [0.4, 0.5) is 5.69 Å². The highest BCUT2D eigenvalue weighted by Crippen LogP contribution is 2.18. The van der Waals surface area contributed by atoms with Gasteiger partial charge in [-0.1, -0.05) is 23.4 Å². The lowest BCUT2D eigenvalue weighted by Crippen LogP contribution is -2.71. The van der Waals surface area contributed by atoms with E-state index in [0.717, 1.165) is 5.56 Å². The maximum absolute atomic E-state index is 12.1. The number of carbonyl (C=O) groups excluding carboxylic acids is 1. The Hall–Kier alpha value is -3.02. The number of rotatable bonds is 5. The molecule has 0 atom stereocenters. The van der Waals surface area contributed by atoms with Gasteiger partial charge in [-0.25, -0.2) is 0 Å². The molecule has 2 aromatic rings. The van der Waals surface area contributed by atoms with Gasteiger partial charge in [0.05, 0.1) is 19.1 Å². The predicted molar refractivity (Wildman–Crippen MR) is 82.8 cm³/mol. The van der Waals surface area contributed by atoms with Crippen molar-refractivity contribution in [3.8, 4) is 5.75 Å². The van der Waals surface area contributed by atoms with Crippen LogP contribution < -0.4 is 20.9 Å². The zero-order valence-corrected chi connectivity index (χ0v) is 12.2. The molecule has 5 N–H and O–H groups in total. The number of nitrogen functional groups attached to an aromatic ring is 1. The van der Waals surface area contributed by atoms with Gasteiger partial charge in [0, 0.05) is 11.3 Å². The Kier molecular flexibility index (Phi) is 4.98. The Morgan fingerprint density at radius 2 is 1.91 bits per heavy atom. The quantitative estimate of drug-likeness (QED) is 0.271. The smallest absolute Gasteiger partial charge is 0.311 e. The maximum atomic E-state index is 12.1. The molecule has 0 spiro atoms. The molecular weight excluding hydrogens is 282 g/mol. The lowest BCUT2D eigenvalue weighted by molar-refractivity contribution is -0.737. The number of hydrogen-bond donors (Lipinski definition) is 4. The number of amidine groups is 1. The Morgan fingerprint density at radius 1 is 1.23 bits per heavy atom. The third-order valence-corrected chi connectivity index (χ3v) is 3.14. The summed E-state index contributed by atoms with van der Waals surface area (Å²) in [6, 6.07) is 14.2. The normalized spacial score (nSPS) is 11.0. The molecule has 6 nitrogen and oxygen atoms in total. The molecule has 0 aliphatic rings. The fourth-order valence-corrected chi connectivity index (χ4v) is 2.02. The molecule has 0 fully saturated rings. The Morgan fingerprint density at radius 3 is 2.55 bits per heavy atom. The van der Waals surface area contributed by atoms with Crippen molar-refractivity contribution in [3.05, 3.63) is 59.7 Å². The molecule has 0 radical (unpaired) electrons. The third kappa shape index (κ3) is 3.76. The van der Waals surface area contributed by atoms with E-state index >= 15 is 0 Å². The number of nitrogens with one attached hydrogen (secondary N) is 2. The highest BCUT2D eigenvalue weighted by Gasteiger charge is 2.09. The van der Waals surface area contributed by atoms with E-state index in [2.05, 4.69) is 5.32 Å².